The van der Waals surface area contributed by atoms with Crippen LogP contribution in [0.2, 0.25) is 0 Å². The molecule has 0 amide bonds. The van der Waals surface area contributed by atoms with Gasteiger partial charge in [0, 0.05) is 19.1 Å². The van der Waals surface area contributed by atoms with Crippen molar-refractivity contribution in [2.45, 2.75) is 52.9 Å². The summed E-state index contributed by atoms with van der Waals surface area (Å²) in [4.78, 5) is 3.78. The summed E-state index contributed by atoms with van der Waals surface area (Å²) < 4.78 is 50.3. The minimum atomic E-state index is -3.92. The highest BCUT2D eigenvalue weighted by Crippen LogP contribution is 2.33. The Bertz CT molecular complexity index is 1100. The fourth-order valence-corrected chi connectivity index (χ4v) is 5.92. The lowest BCUT2D eigenvalue weighted by atomic mass is 10.3. The van der Waals surface area contributed by atoms with Gasteiger partial charge in [0.2, 0.25) is 0 Å². The third-order valence-electron chi connectivity index (χ3n) is 5.41. The lowest BCUT2D eigenvalue weighted by Gasteiger charge is -2.14. The van der Waals surface area contributed by atoms with Crippen LogP contribution in [0.5, 0.6) is 11.5 Å². The summed E-state index contributed by atoms with van der Waals surface area (Å²) in [6, 6.07) is 27.5. The van der Waals surface area contributed by atoms with Crippen LogP contribution in [0.3, 0.4) is 0 Å². The first-order valence-corrected chi connectivity index (χ1v) is 14.9. The molecule has 0 aromatic heterocycles. The van der Waals surface area contributed by atoms with Crippen LogP contribution >= 0.6 is 0 Å². The molecule has 7 nitrogen and oxygen atoms in total. The van der Waals surface area contributed by atoms with Crippen molar-refractivity contribution in [1.82, 2.24) is 0 Å². The van der Waals surface area contributed by atoms with Crippen molar-refractivity contribution >= 4 is 21.0 Å². The minimum Gasteiger partial charge on any atom is -0.748 e. The maximum absolute atomic E-state index is 9.08. The highest BCUT2D eigenvalue weighted by Gasteiger charge is 2.29. The van der Waals surface area contributed by atoms with E-state index in [2.05, 4.69) is 78.9 Å². The normalized spacial score (nSPS) is 20.3. The van der Waals surface area contributed by atoms with Gasteiger partial charge < -0.3 is 23.5 Å². The molecule has 3 aromatic carbocycles. The summed E-state index contributed by atoms with van der Waals surface area (Å²) in [5, 5.41) is 0. The minimum absolute atomic E-state index is 0.116. The number of hydrogen-bond acceptors (Lipinski definition) is 7. The smallest absolute Gasteiger partial charge is 0.199 e. The van der Waals surface area contributed by atoms with Crippen molar-refractivity contribution in [3.63, 3.8) is 0 Å². The van der Waals surface area contributed by atoms with E-state index in [4.69, 9.17) is 31.9 Å². The summed E-state index contributed by atoms with van der Waals surface area (Å²) in [7, 11) is -4.13. The Morgan fingerprint density at radius 1 is 0.722 bits per heavy atom. The standard InChI is InChI=1S/C26H27O4S.CH4O3S/c1-2-6-22(7-3-1)31(23-14-10-20(11-15-23)29-25-8-4-18-27-25)24-16-12-21(13-17-24)30-26-9-5-19-28-26;1-5(2,3)4/h1-3,6-7,10-17,25-26H,4-5,8-9,18-19H2;1H3,(H,2,3,4)/q+1;/p-1. The molecule has 2 fully saturated rings. The molecule has 2 atom stereocenters. The maximum atomic E-state index is 9.08. The van der Waals surface area contributed by atoms with Crippen molar-refractivity contribution < 1.29 is 31.9 Å². The maximum Gasteiger partial charge on any atom is 0.199 e. The van der Waals surface area contributed by atoms with Crippen molar-refractivity contribution in [3.05, 3.63) is 78.9 Å². The fourth-order valence-electron chi connectivity index (χ4n) is 3.86. The van der Waals surface area contributed by atoms with E-state index in [9.17, 15) is 0 Å². The van der Waals surface area contributed by atoms with Gasteiger partial charge >= 0.3 is 0 Å². The lowest BCUT2D eigenvalue weighted by molar-refractivity contribution is -0.0393. The predicted molar refractivity (Wildman–Crippen MR) is 136 cm³/mol. The van der Waals surface area contributed by atoms with Crippen LogP contribution in [-0.4, -0.2) is 45.0 Å². The molecular formula is C27H30O7S2. The van der Waals surface area contributed by atoms with Crippen LogP contribution < -0.4 is 9.47 Å². The molecule has 5 rings (SSSR count). The van der Waals surface area contributed by atoms with Gasteiger partial charge in [0.05, 0.1) is 34.2 Å². The Labute approximate surface area is 215 Å². The van der Waals surface area contributed by atoms with Crippen LogP contribution in [0.1, 0.15) is 25.7 Å². The lowest BCUT2D eigenvalue weighted by Crippen LogP contribution is -2.14. The van der Waals surface area contributed by atoms with Crippen LogP contribution in [-0.2, 0) is 30.5 Å². The Kier molecular flexibility index (Phi) is 9.28. The number of hydrogen-bond donors (Lipinski definition) is 0. The molecule has 2 saturated heterocycles. The zero-order chi connectivity index (χ0) is 25.4. The second-order valence-electron chi connectivity index (χ2n) is 8.39. The average Bonchev–Trinajstić information content (AvgIpc) is 3.56. The van der Waals surface area contributed by atoms with Gasteiger partial charge in [-0.3, -0.25) is 0 Å². The summed E-state index contributed by atoms with van der Waals surface area (Å²) in [5.41, 5.74) is 0. The van der Waals surface area contributed by atoms with Gasteiger partial charge in [0.25, 0.3) is 0 Å². The van der Waals surface area contributed by atoms with Gasteiger partial charge in [0.1, 0.15) is 11.5 Å². The Morgan fingerprint density at radius 2 is 1.11 bits per heavy atom. The molecular weight excluding hydrogens is 500 g/mol. The van der Waals surface area contributed by atoms with E-state index < -0.39 is 10.1 Å². The summed E-state index contributed by atoms with van der Waals surface area (Å²) in [6.45, 7) is 1.57. The Morgan fingerprint density at radius 3 is 1.47 bits per heavy atom. The van der Waals surface area contributed by atoms with E-state index in [0.717, 1.165) is 50.4 Å². The molecule has 0 bridgehead atoms. The monoisotopic (exact) mass is 530 g/mol. The largest absolute Gasteiger partial charge is 0.748 e. The molecule has 0 N–H and O–H groups in total. The van der Waals surface area contributed by atoms with Crippen LogP contribution in [0, 0.1) is 0 Å². The van der Waals surface area contributed by atoms with E-state index >= 15 is 0 Å². The molecule has 36 heavy (non-hydrogen) atoms. The SMILES string of the molecule is CS(=O)(=O)[O-].c1ccc([S+](c2ccc(OC3CCCO3)cc2)c2ccc(OC3CCCO3)cc2)cc1. The number of benzene rings is 3. The quantitative estimate of drug-likeness (QED) is 0.314. The highest BCUT2D eigenvalue weighted by molar-refractivity contribution is 7.97. The molecule has 3 aromatic rings. The molecule has 2 aliphatic heterocycles. The van der Waals surface area contributed by atoms with Gasteiger partial charge in [-0.15, -0.1) is 0 Å². The van der Waals surface area contributed by atoms with Gasteiger partial charge in [-0.05, 0) is 73.5 Å². The highest BCUT2D eigenvalue weighted by atomic mass is 32.2. The van der Waals surface area contributed by atoms with Crippen LogP contribution in [0.15, 0.2) is 93.5 Å². The van der Waals surface area contributed by atoms with Crippen molar-refractivity contribution in [1.29, 1.82) is 0 Å². The summed E-state index contributed by atoms with van der Waals surface area (Å²) in [5.74, 6) is 1.71. The topological polar surface area (TPSA) is 94.1 Å². The molecule has 0 spiro atoms. The van der Waals surface area contributed by atoms with Crippen molar-refractivity contribution in [2.75, 3.05) is 19.5 Å². The molecule has 0 saturated carbocycles. The summed E-state index contributed by atoms with van der Waals surface area (Å²) in [6.07, 6.45) is 4.41. The Hall–Kier alpha value is -2.56. The van der Waals surface area contributed by atoms with Gasteiger partial charge in [-0.2, -0.15) is 0 Å². The number of ether oxygens (including phenoxy) is 4. The van der Waals surface area contributed by atoms with E-state index in [1.807, 2.05) is 0 Å². The molecule has 2 unspecified atom stereocenters. The second-order valence-corrected chi connectivity index (χ2v) is 11.8. The van der Waals surface area contributed by atoms with Crippen molar-refractivity contribution in [2.24, 2.45) is 0 Å². The van der Waals surface area contributed by atoms with E-state index in [1.165, 1.54) is 14.7 Å². The molecule has 2 heterocycles. The molecule has 0 radical (unpaired) electrons. The molecule has 192 valence electrons. The van der Waals surface area contributed by atoms with Crippen LogP contribution in [0.25, 0.3) is 0 Å². The summed E-state index contributed by atoms with van der Waals surface area (Å²) >= 11 is 0. The fraction of sp³-hybridized carbons (Fsp3) is 0.333. The zero-order valence-corrected chi connectivity index (χ0v) is 21.7. The van der Waals surface area contributed by atoms with E-state index in [0.29, 0.717) is 6.26 Å². The molecule has 9 heteroatoms. The van der Waals surface area contributed by atoms with Gasteiger partial charge in [-0.1, -0.05) is 18.2 Å². The predicted octanol–water partition coefficient (Wildman–Crippen LogP) is 4.97. The van der Waals surface area contributed by atoms with Crippen LogP contribution in [0.4, 0.5) is 0 Å². The van der Waals surface area contributed by atoms with Gasteiger partial charge in [-0.25, -0.2) is 8.42 Å². The number of rotatable bonds is 7. The first kappa shape index (κ1) is 26.5. The molecule has 0 aliphatic carbocycles. The van der Waals surface area contributed by atoms with Crippen molar-refractivity contribution in [3.8, 4) is 11.5 Å². The average molecular weight is 531 g/mol. The van der Waals surface area contributed by atoms with E-state index in [-0.39, 0.29) is 23.5 Å². The second kappa shape index (κ2) is 12.6. The first-order chi connectivity index (χ1) is 17.3. The molecule has 2 aliphatic rings. The third kappa shape index (κ3) is 8.25. The first-order valence-electron chi connectivity index (χ1n) is 11.8. The van der Waals surface area contributed by atoms with Gasteiger partial charge in [0.15, 0.2) is 27.3 Å². The van der Waals surface area contributed by atoms with E-state index in [1.54, 1.807) is 0 Å². The zero-order valence-electron chi connectivity index (χ0n) is 20.1. The third-order valence-corrected chi connectivity index (χ3v) is 7.64. The Balaban J connectivity index is 0.000000556.